The van der Waals surface area contributed by atoms with Crippen LogP contribution >= 0.6 is 0 Å². The van der Waals surface area contributed by atoms with Gasteiger partial charge in [-0.05, 0) is 50.7 Å². The Morgan fingerprint density at radius 2 is 1.76 bits per heavy atom. The molecule has 0 bridgehead atoms. The summed E-state index contributed by atoms with van der Waals surface area (Å²) in [5.74, 6) is 1.58. The van der Waals surface area contributed by atoms with Crippen LogP contribution in [0, 0.1) is 18.8 Å². The van der Waals surface area contributed by atoms with Crippen LogP contribution in [0.2, 0.25) is 0 Å². The zero-order valence-electron chi connectivity index (χ0n) is 13.4. The largest absolute Gasteiger partial charge is 0.426 e. The second-order valence-electron chi connectivity index (χ2n) is 6.45. The molecule has 2 nitrogen and oxygen atoms in total. The van der Waals surface area contributed by atoms with Gasteiger partial charge in [0.1, 0.15) is 5.75 Å². The van der Waals surface area contributed by atoms with E-state index in [9.17, 15) is 4.79 Å². The quantitative estimate of drug-likeness (QED) is 0.404. The smallest absolute Gasteiger partial charge is 0.314 e. The van der Waals surface area contributed by atoms with Gasteiger partial charge in [0.2, 0.25) is 0 Å². The topological polar surface area (TPSA) is 26.3 Å². The number of esters is 1. The van der Waals surface area contributed by atoms with E-state index in [0.717, 1.165) is 18.8 Å². The van der Waals surface area contributed by atoms with Gasteiger partial charge in [0, 0.05) is 0 Å². The van der Waals surface area contributed by atoms with Gasteiger partial charge in [0.15, 0.2) is 0 Å². The van der Waals surface area contributed by atoms with E-state index in [4.69, 9.17) is 4.74 Å². The maximum Gasteiger partial charge on any atom is 0.314 e. The molecule has 21 heavy (non-hydrogen) atoms. The molecule has 1 fully saturated rings. The van der Waals surface area contributed by atoms with Gasteiger partial charge in [0.05, 0.1) is 5.92 Å². The third-order valence-electron chi connectivity index (χ3n) is 4.64. The number of hydrogen-bond donors (Lipinski definition) is 0. The van der Waals surface area contributed by atoms with Crippen LogP contribution in [0.1, 0.15) is 63.9 Å². The molecule has 0 aromatic heterocycles. The Bertz CT molecular complexity index is 427. The summed E-state index contributed by atoms with van der Waals surface area (Å²) in [5.41, 5.74) is 1.18. The number of hydrogen-bond acceptors (Lipinski definition) is 2. The van der Waals surface area contributed by atoms with Crippen LogP contribution in [-0.2, 0) is 4.79 Å². The molecular weight excluding hydrogens is 260 g/mol. The molecule has 1 aliphatic rings. The summed E-state index contributed by atoms with van der Waals surface area (Å²) in [6.45, 7) is 4.28. The maximum absolute atomic E-state index is 12.2. The van der Waals surface area contributed by atoms with E-state index >= 15 is 0 Å². The first kappa shape index (κ1) is 16.1. The fourth-order valence-electron chi connectivity index (χ4n) is 3.18. The van der Waals surface area contributed by atoms with Crippen molar-refractivity contribution in [2.75, 3.05) is 0 Å². The van der Waals surface area contributed by atoms with Crippen LogP contribution in [0.4, 0.5) is 0 Å². The summed E-state index contributed by atoms with van der Waals surface area (Å²) in [7, 11) is 0. The van der Waals surface area contributed by atoms with Crippen LogP contribution < -0.4 is 4.74 Å². The molecular formula is C19H28O2. The summed E-state index contributed by atoms with van der Waals surface area (Å²) < 4.78 is 5.50. The lowest BCUT2D eigenvalue weighted by atomic mass is 9.80. The normalized spacial score (nSPS) is 22.0. The number of benzene rings is 1. The zero-order valence-corrected chi connectivity index (χ0v) is 13.4. The van der Waals surface area contributed by atoms with E-state index < -0.39 is 0 Å². The van der Waals surface area contributed by atoms with Crippen molar-refractivity contribution in [3.05, 3.63) is 29.8 Å². The Morgan fingerprint density at radius 1 is 1.10 bits per heavy atom. The van der Waals surface area contributed by atoms with Crippen molar-refractivity contribution in [1.82, 2.24) is 0 Å². The van der Waals surface area contributed by atoms with E-state index in [-0.39, 0.29) is 11.9 Å². The molecule has 0 amide bonds. The van der Waals surface area contributed by atoms with Gasteiger partial charge >= 0.3 is 5.97 Å². The Kier molecular flexibility index (Phi) is 6.28. The van der Waals surface area contributed by atoms with Crippen LogP contribution in [0.15, 0.2) is 24.3 Å². The lowest BCUT2D eigenvalue weighted by Crippen LogP contribution is -2.25. The van der Waals surface area contributed by atoms with Gasteiger partial charge in [0.25, 0.3) is 0 Å². The Hall–Kier alpha value is -1.31. The zero-order chi connectivity index (χ0) is 15.1. The van der Waals surface area contributed by atoms with E-state index in [0.29, 0.717) is 5.75 Å². The number of carbonyl (C=O) groups excluding carboxylic acids is 1. The fraction of sp³-hybridized carbons (Fsp3) is 0.632. The maximum atomic E-state index is 12.2. The van der Waals surface area contributed by atoms with E-state index in [2.05, 4.69) is 6.92 Å². The van der Waals surface area contributed by atoms with Crippen molar-refractivity contribution >= 4 is 5.97 Å². The van der Waals surface area contributed by atoms with Gasteiger partial charge in [-0.25, -0.2) is 0 Å². The third-order valence-corrected chi connectivity index (χ3v) is 4.64. The molecule has 1 aliphatic carbocycles. The minimum Gasteiger partial charge on any atom is -0.426 e. The minimum atomic E-state index is -0.0362. The highest BCUT2D eigenvalue weighted by molar-refractivity contribution is 5.75. The van der Waals surface area contributed by atoms with Gasteiger partial charge < -0.3 is 4.74 Å². The second-order valence-corrected chi connectivity index (χ2v) is 6.45. The minimum absolute atomic E-state index is 0.0362. The van der Waals surface area contributed by atoms with Crippen molar-refractivity contribution in [1.29, 1.82) is 0 Å². The second kappa shape index (κ2) is 8.21. The first-order chi connectivity index (χ1) is 10.2. The van der Waals surface area contributed by atoms with Crippen molar-refractivity contribution in [2.45, 2.75) is 65.2 Å². The molecule has 0 heterocycles. The van der Waals surface area contributed by atoms with Crippen molar-refractivity contribution in [3.8, 4) is 5.75 Å². The molecule has 1 aromatic rings. The van der Waals surface area contributed by atoms with E-state index in [1.807, 2.05) is 31.2 Å². The Balaban J connectivity index is 1.74. The Labute approximate surface area is 128 Å². The highest BCUT2D eigenvalue weighted by Gasteiger charge is 2.27. The number of carbonyl (C=O) groups is 1. The summed E-state index contributed by atoms with van der Waals surface area (Å²) >= 11 is 0. The molecule has 2 rings (SSSR count). The summed E-state index contributed by atoms with van der Waals surface area (Å²) in [4.78, 5) is 12.2. The van der Waals surface area contributed by atoms with E-state index in [1.54, 1.807) is 0 Å². The van der Waals surface area contributed by atoms with Gasteiger partial charge in [-0.1, -0.05) is 50.3 Å². The van der Waals surface area contributed by atoms with Gasteiger partial charge in [-0.2, -0.15) is 0 Å². The SMILES string of the molecule is CCCCCC1CCC(C(=O)Oc2ccc(C)cc2)CC1. The molecule has 0 unspecified atom stereocenters. The number of ether oxygens (including phenoxy) is 1. The average molecular weight is 288 g/mol. The molecule has 116 valence electrons. The summed E-state index contributed by atoms with van der Waals surface area (Å²) in [5, 5.41) is 0. The van der Waals surface area contributed by atoms with Crippen molar-refractivity contribution in [2.24, 2.45) is 11.8 Å². The molecule has 0 N–H and O–H groups in total. The lowest BCUT2D eigenvalue weighted by molar-refractivity contribution is -0.140. The van der Waals surface area contributed by atoms with Gasteiger partial charge in [-0.3, -0.25) is 4.79 Å². The summed E-state index contributed by atoms with van der Waals surface area (Å²) in [6, 6.07) is 7.72. The standard InChI is InChI=1S/C19H28O2/c1-3-4-5-6-16-9-11-17(12-10-16)19(20)21-18-13-7-15(2)8-14-18/h7-8,13-14,16-17H,3-6,9-12H2,1-2H3. The Morgan fingerprint density at radius 3 is 2.38 bits per heavy atom. The average Bonchev–Trinajstić information content (AvgIpc) is 2.50. The third kappa shape index (κ3) is 5.18. The number of unbranched alkanes of at least 4 members (excludes halogenated alkanes) is 2. The monoisotopic (exact) mass is 288 g/mol. The molecule has 0 radical (unpaired) electrons. The molecule has 2 heteroatoms. The van der Waals surface area contributed by atoms with Crippen LogP contribution in [-0.4, -0.2) is 5.97 Å². The highest BCUT2D eigenvalue weighted by Crippen LogP contribution is 2.33. The predicted molar refractivity (Wildman–Crippen MR) is 86.4 cm³/mol. The predicted octanol–water partition coefficient (Wildman–Crippen LogP) is 5.29. The molecule has 0 spiro atoms. The number of aryl methyl sites for hydroxylation is 1. The fourth-order valence-corrected chi connectivity index (χ4v) is 3.18. The van der Waals surface area contributed by atoms with Gasteiger partial charge in [-0.15, -0.1) is 0 Å². The van der Waals surface area contributed by atoms with E-state index in [1.165, 1.54) is 44.1 Å². The first-order valence-electron chi connectivity index (χ1n) is 8.47. The highest BCUT2D eigenvalue weighted by atomic mass is 16.5. The molecule has 0 atom stereocenters. The van der Waals surface area contributed by atoms with Crippen LogP contribution in [0.25, 0.3) is 0 Å². The van der Waals surface area contributed by atoms with Crippen molar-refractivity contribution < 1.29 is 9.53 Å². The number of rotatable bonds is 6. The summed E-state index contributed by atoms with van der Waals surface area (Å²) in [6.07, 6.45) is 9.71. The first-order valence-corrected chi connectivity index (χ1v) is 8.47. The molecule has 0 saturated heterocycles. The lowest BCUT2D eigenvalue weighted by Gasteiger charge is -2.27. The molecule has 0 aliphatic heterocycles. The van der Waals surface area contributed by atoms with Crippen molar-refractivity contribution in [3.63, 3.8) is 0 Å². The molecule has 1 saturated carbocycles. The van der Waals surface area contributed by atoms with Crippen LogP contribution in [0.3, 0.4) is 0 Å². The molecule has 1 aromatic carbocycles. The van der Waals surface area contributed by atoms with Crippen LogP contribution in [0.5, 0.6) is 5.75 Å².